The van der Waals surface area contributed by atoms with Crippen molar-refractivity contribution in [3.8, 4) is 0 Å². The highest BCUT2D eigenvalue weighted by Gasteiger charge is 2.67. The molecule has 15 unspecified atom stereocenters. The third-order valence-corrected chi connectivity index (χ3v) is 18.9. The van der Waals surface area contributed by atoms with Crippen molar-refractivity contribution in [2.45, 2.75) is 178 Å². The van der Waals surface area contributed by atoms with E-state index in [0.717, 1.165) is 82.4 Å². The maximum absolute atomic E-state index is 11.8. The van der Waals surface area contributed by atoms with Gasteiger partial charge in [-0.2, -0.15) is 0 Å². The molecule has 6 saturated carbocycles. The Hall–Kier alpha value is -3.08. The lowest BCUT2D eigenvalue weighted by Gasteiger charge is -2.58. The number of nitrogens with one attached hydrogen (secondary N) is 2. The summed E-state index contributed by atoms with van der Waals surface area (Å²) < 4.78 is 12.4. The van der Waals surface area contributed by atoms with Gasteiger partial charge in [0.15, 0.2) is 11.9 Å². The average molecular weight is 823 g/mol. The molecule has 15 atom stereocenters. The zero-order valence-electron chi connectivity index (χ0n) is 36.8. The van der Waals surface area contributed by atoms with Gasteiger partial charge in [-0.25, -0.2) is 4.99 Å². The van der Waals surface area contributed by atoms with Gasteiger partial charge in [0.1, 0.15) is 6.17 Å². The van der Waals surface area contributed by atoms with Crippen molar-refractivity contribution in [2.24, 2.45) is 73.7 Å². The molecule has 10 nitrogen and oxygen atoms in total. The van der Waals surface area contributed by atoms with Crippen molar-refractivity contribution in [2.75, 3.05) is 7.05 Å². The number of furan rings is 1. The molecule has 2 aromatic rings. The minimum Gasteiger partial charge on any atom is -0.471 e. The van der Waals surface area contributed by atoms with Crippen molar-refractivity contribution in [1.82, 2.24) is 10.6 Å². The van der Waals surface area contributed by atoms with Crippen LogP contribution in [0.2, 0.25) is 0 Å². The molecule has 1 aromatic heterocycles. The second-order valence-electron chi connectivity index (χ2n) is 22.2. The monoisotopic (exact) mass is 823 g/mol. The van der Waals surface area contributed by atoms with Crippen LogP contribution in [-0.4, -0.2) is 64.8 Å². The predicted octanol–water partition coefficient (Wildman–Crippen LogP) is 7.88. The Balaban J connectivity index is 0.804. The maximum atomic E-state index is 11.8. The number of aryl methyl sites for hydroxylation is 1. The van der Waals surface area contributed by atoms with Gasteiger partial charge in [0, 0.05) is 29.7 Å². The van der Waals surface area contributed by atoms with Crippen LogP contribution in [0.3, 0.4) is 0 Å². The number of ether oxygens (including phenoxy) is 1. The van der Waals surface area contributed by atoms with Gasteiger partial charge in [-0.05, 0) is 187 Å². The van der Waals surface area contributed by atoms with Crippen LogP contribution in [0, 0.1) is 52.3 Å². The van der Waals surface area contributed by atoms with Gasteiger partial charge in [-0.3, -0.25) is 4.99 Å². The molecular weight excluding hydrogens is 749 g/mol. The minimum absolute atomic E-state index is 0.0428. The lowest BCUT2D eigenvalue weighted by Crippen LogP contribution is -2.56. The molecule has 2 heterocycles. The van der Waals surface area contributed by atoms with Gasteiger partial charge in [-0.1, -0.05) is 31.2 Å². The fourth-order valence-electron chi connectivity index (χ4n) is 15.6. The van der Waals surface area contributed by atoms with E-state index in [1.807, 2.05) is 12.5 Å². The number of nitrogens with two attached hydrogens (primary N) is 2. The average Bonchev–Trinajstić information content (AvgIpc) is 3.61. The summed E-state index contributed by atoms with van der Waals surface area (Å²) in [5.74, 6) is 4.61. The van der Waals surface area contributed by atoms with E-state index in [2.05, 4.69) is 41.6 Å². The molecule has 60 heavy (non-hydrogen) atoms. The molecule has 7 fully saturated rings. The number of aliphatic imine (C=N–C) groups is 2. The van der Waals surface area contributed by atoms with Crippen LogP contribution in [0.1, 0.15) is 141 Å². The molecule has 0 bridgehead atoms. The van der Waals surface area contributed by atoms with Crippen LogP contribution in [0.5, 0.6) is 0 Å². The van der Waals surface area contributed by atoms with Crippen molar-refractivity contribution >= 4 is 22.7 Å². The first-order valence-electron chi connectivity index (χ1n) is 24.1. The summed E-state index contributed by atoms with van der Waals surface area (Å²) in [5, 5.41) is 31.7. The summed E-state index contributed by atoms with van der Waals surface area (Å²) in [7, 11) is 1.73. The van der Waals surface area contributed by atoms with Crippen LogP contribution < -0.4 is 22.1 Å². The summed E-state index contributed by atoms with van der Waals surface area (Å²) in [4.78, 5) is 9.39. The van der Waals surface area contributed by atoms with Gasteiger partial charge in [0.05, 0.1) is 42.0 Å². The molecule has 7 aliphatic carbocycles. The molecule has 0 amide bonds. The number of fused-ring (bicyclic) bond motifs is 7. The Labute approximate surface area is 358 Å². The number of rotatable bonds is 6. The van der Waals surface area contributed by atoms with Gasteiger partial charge >= 0.3 is 0 Å². The summed E-state index contributed by atoms with van der Waals surface area (Å²) in [6.45, 7) is 9.94. The maximum Gasteiger partial charge on any atom is 0.190 e. The van der Waals surface area contributed by atoms with Crippen LogP contribution in [0.4, 0.5) is 0 Å². The molecule has 10 heteroatoms. The number of allylic oxidation sites excluding steroid dienone is 1. The number of aliphatic hydroxyl groups is 2. The Kier molecular flexibility index (Phi) is 10.5. The van der Waals surface area contributed by atoms with E-state index in [0.29, 0.717) is 65.9 Å². The van der Waals surface area contributed by atoms with Gasteiger partial charge in [0.25, 0.3) is 0 Å². The zero-order chi connectivity index (χ0) is 41.6. The van der Waals surface area contributed by atoms with E-state index < -0.39 is 5.60 Å². The molecular formula is C50H74N6O4. The molecule has 8 aliphatic rings. The first-order valence-corrected chi connectivity index (χ1v) is 24.1. The van der Waals surface area contributed by atoms with E-state index in [9.17, 15) is 10.2 Å². The van der Waals surface area contributed by atoms with E-state index in [1.54, 1.807) is 7.05 Å². The number of hydrogen-bond donors (Lipinski definition) is 6. The third kappa shape index (κ3) is 7.20. The summed E-state index contributed by atoms with van der Waals surface area (Å²) >= 11 is 0. The smallest absolute Gasteiger partial charge is 0.190 e. The third-order valence-electron chi connectivity index (χ3n) is 18.9. The first kappa shape index (κ1) is 41.0. The Morgan fingerprint density at radius 1 is 0.900 bits per heavy atom. The van der Waals surface area contributed by atoms with Crippen molar-refractivity contribution in [3.05, 3.63) is 47.9 Å². The normalized spacial score (nSPS) is 44.9. The second kappa shape index (κ2) is 15.3. The predicted molar refractivity (Wildman–Crippen MR) is 238 cm³/mol. The molecule has 1 aliphatic heterocycles. The summed E-state index contributed by atoms with van der Waals surface area (Å²) in [6, 6.07) is 4.52. The number of hydrogen-bond acceptors (Lipinski definition) is 6. The van der Waals surface area contributed by atoms with Gasteiger partial charge in [-0.15, -0.1) is 0 Å². The largest absolute Gasteiger partial charge is 0.471 e. The quantitative estimate of drug-likeness (QED) is 0.0428. The Bertz CT molecular complexity index is 2010. The van der Waals surface area contributed by atoms with Crippen molar-refractivity contribution in [1.29, 1.82) is 0 Å². The molecule has 8 N–H and O–H groups in total. The SMILES string of the molecule is C=C1CC2(CCC(C3CCC4CCC(O)CC4(O)C3)C2)C2OC2(C)CCC2C1CC2(C)C1CCC(C(NC(N)=NC)NC(N)=NC2CCCc3ccc4cocc4c3C2)C1. The number of guanidine groups is 2. The topological polar surface area (TPSA) is 167 Å². The first-order chi connectivity index (χ1) is 28.8. The van der Waals surface area contributed by atoms with E-state index in [-0.39, 0.29) is 34.7 Å². The van der Waals surface area contributed by atoms with Crippen LogP contribution in [-0.2, 0) is 17.6 Å². The Morgan fingerprint density at radius 2 is 1.70 bits per heavy atom. The van der Waals surface area contributed by atoms with Gasteiger partial charge < -0.3 is 41.5 Å². The fraction of sp³-hybridized carbons (Fsp3) is 0.760. The highest BCUT2D eigenvalue weighted by Crippen LogP contribution is 2.69. The lowest BCUT2D eigenvalue weighted by molar-refractivity contribution is -0.127. The van der Waals surface area contributed by atoms with Crippen LogP contribution >= 0.6 is 0 Å². The number of benzene rings is 1. The zero-order valence-corrected chi connectivity index (χ0v) is 36.8. The standard InChI is InChI=1S/C50H74N6O4/c1-29-22-49(19-16-33(23-49)32-11-12-35-14-15-38(57)25-50(35,58)24-32)44-48(3,60-44)18-17-42-40(29)26-47(42,2)36-13-10-31(20-36)43(55-45(51)53-4)56-46(52)54-37-7-5-6-30-8-9-34-27-59-28-41(34)39(30)21-37/h8-9,27-28,31-33,35-38,40,42-44,57-58H,1,5-7,10-26H2,2-4H3,(H3,51,53,55)(H3,52,54,56). The van der Waals surface area contributed by atoms with Crippen LogP contribution in [0.15, 0.2) is 51.2 Å². The molecule has 10 rings (SSSR count). The van der Waals surface area contributed by atoms with E-state index in [1.165, 1.54) is 67.0 Å². The van der Waals surface area contributed by atoms with Gasteiger partial charge in [0.2, 0.25) is 0 Å². The molecule has 1 saturated heterocycles. The highest BCUT2D eigenvalue weighted by atomic mass is 16.6. The highest BCUT2D eigenvalue weighted by molar-refractivity contribution is 5.86. The molecule has 328 valence electrons. The summed E-state index contributed by atoms with van der Waals surface area (Å²) in [5.41, 5.74) is 17.1. The summed E-state index contributed by atoms with van der Waals surface area (Å²) in [6.07, 6.45) is 24.9. The lowest BCUT2D eigenvalue weighted by atomic mass is 9.46. The number of nitrogens with zero attached hydrogens (tertiary/aromatic N) is 2. The fourth-order valence-corrected chi connectivity index (χ4v) is 15.6. The molecule has 0 radical (unpaired) electrons. The van der Waals surface area contributed by atoms with Crippen LogP contribution in [0.25, 0.3) is 10.8 Å². The van der Waals surface area contributed by atoms with Crippen molar-refractivity contribution in [3.63, 3.8) is 0 Å². The number of aliphatic hydroxyl groups excluding tert-OH is 1. The second-order valence-corrected chi connectivity index (χ2v) is 22.2. The van der Waals surface area contributed by atoms with E-state index >= 15 is 0 Å². The Morgan fingerprint density at radius 3 is 2.55 bits per heavy atom. The van der Waals surface area contributed by atoms with E-state index in [4.69, 9.17) is 32.2 Å². The minimum atomic E-state index is -0.676. The number of epoxide rings is 1. The van der Waals surface area contributed by atoms with Crippen molar-refractivity contribution < 1.29 is 19.4 Å². The molecule has 1 aromatic carbocycles. The molecule has 1 spiro atoms.